The van der Waals surface area contributed by atoms with E-state index >= 15 is 0 Å². The molecule has 1 amide bonds. The smallest absolute Gasteiger partial charge is 0.340 e. The molecule has 0 aliphatic heterocycles. The van der Waals surface area contributed by atoms with E-state index in [2.05, 4.69) is 21.2 Å². The number of benzene rings is 2. The summed E-state index contributed by atoms with van der Waals surface area (Å²) in [5, 5.41) is 3.18. The van der Waals surface area contributed by atoms with Crippen LogP contribution in [0.1, 0.15) is 10.4 Å². The van der Waals surface area contributed by atoms with E-state index in [9.17, 15) is 9.59 Å². The zero-order valence-electron chi connectivity index (χ0n) is 11.1. The lowest BCUT2D eigenvalue weighted by Gasteiger charge is -2.08. The number of rotatable bonds is 4. The Morgan fingerprint density at radius 3 is 2.64 bits per heavy atom. The van der Waals surface area contributed by atoms with Gasteiger partial charge in [0.05, 0.1) is 10.6 Å². The summed E-state index contributed by atoms with van der Waals surface area (Å²) in [5.41, 5.74) is 0.709. The summed E-state index contributed by atoms with van der Waals surface area (Å²) in [6.07, 6.45) is 0. The van der Waals surface area contributed by atoms with Crippen LogP contribution in [-0.2, 0) is 9.53 Å². The second-order valence-electron chi connectivity index (χ2n) is 4.26. The van der Waals surface area contributed by atoms with Gasteiger partial charge in [0.2, 0.25) is 0 Å². The van der Waals surface area contributed by atoms with Gasteiger partial charge in [-0.15, -0.1) is 0 Å². The maximum Gasteiger partial charge on any atom is 0.340 e. The number of carbonyl (C=O) groups is 2. The zero-order chi connectivity index (χ0) is 16.1. The number of carbonyl (C=O) groups excluding carboxylic acids is 2. The Morgan fingerprint density at radius 1 is 1.14 bits per heavy atom. The van der Waals surface area contributed by atoms with Crippen LogP contribution < -0.4 is 5.32 Å². The first kappa shape index (κ1) is 16.8. The molecule has 0 atom stereocenters. The maximum atomic E-state index is 11.9. The molecule has 0 saturated carbocycles. The molecular weight excluding hydrogens is 393 g/mol. The maximum absolute atomic E-state index is 11.9. The van der Waals surface area contributed by atoms with E-state index in [0.29, 0.717) is 10.7 Å². The second-order valence-corrected chi connectivity index (χ2v) is 6.02. The van der Waals surface area contributed by atoms with Crippen LogP contribution in [0.4, 0.5) is 5.69 Å². The number of esters is 1. The average molecular weight is 403 g/mol. The summed E-state index contributed by atoms with van der Waals surface area (Å²) in [7, 11) is 0. The van der Waals surface area contributed by atoms with Crippen LogP contribution in [0.3, 0.4) is 0 Å². The summed E-state index contributed by atoms with van der Waals surface area (Å²) in [5.74, 6) is -1.17. The number of nitrogens with one attached hydrogen (secondary N) is 1. The fourth-order valence-corrected chi connectivity index (χ4v) is 2.39. The first-order chi connectivity index (χ1) is 10.5. The van der Waals surface area contributed by atoms with Crippen LogP contribution in [0.5, 0.6) is 0 Å². The van der Waals surface area contributed by atoms with Crippen molar-refractivity contribution in [2.24, 2.45) is 0 Å². The monoisotopic (exact) mass is 401 g/mol. The minimum absolute atomic E-state index is 0.115. The lowest BCUT2D eigenvalue weighted by atomic mass is 10.2. The van der Waals surface area contributed by atoms with Crippen molar-refractivity contribution in [1.29, 1.82) is 0 Å². The largest absolute Gasteiger partial charge is 0.452 e. The lowest BCUT2D eigenvalue weighted by Crippen LogP contribution is -2.21. The van der Waals surface area contributed by atoms with Gasteiger partial charge in [0, 0.05) is 15.2 Å². The Balaban J connectivity index is 1.93. The van der Waals surface area contributed by atoms with Gasteiger partial charge < -0.3 is 10.1 Å². The van der Waals surface area contributed by atoms with Crippen LogP contribution in [0.2, 0.25) is 10.0 Å². The number of halogens is 3. The van der Waals surface area contributed by atoms with Gasteiger partial charge in [-0.2, -0.15) is 0 Å². The van der Waals surface area contributed by atoms with Crippen molar-refractivity contribution < 1.29 is 14.3 Å². The van der Waals surface area contributed by atoms with E-state index in [1.54, 1.807) is 24.3 Å². The molecule has 2 aromatic rings. The molecule has 0 unspecified atom stereocenters. The van der Waals surface area contributed by atoms with Gasteiger partial charge >= 0.3 is 5.97 Å². The molecule has 0 radical (unpaired) electrons. The Morgan fingerprint density at radius 2 is 1.91 bits per heavy atom. The molecule has 0 spiro atoms. The third-order valence-electron chi connectivity index (χ3n) is 2.59. The molecule has 4 nitrogen and oxygen atoms in total. The lowest BCUT2D eigenvalue weighted by molar-refractivity contribution is -0.119. The van der Waals surface area contributed by atoms with Crippen molar-refractivity contribution in [2.75, 3.05) is 11.9 Å². The molecule has 0 aromatic heterocycles. The predicted octanol–water partition coefficient (Wildman–Crippen LogP) is 4.55. The molecule has 0 aliphatic carbocycles. The van der Waals surface area contributed by atoms with E-state index < -0.39 is 18.5 Å². The van der Waals surface area contributed by atoms with Crippen LogP contribution in [-0.4, -0.2) is 18.5 Å². The Labute approximate surface area is 145 Å². The highest BCUT2D eigenvalue weighted by molar-refractivity contribution is 9.10. The third kappa shape index (κ3) is 4.73. The summed E-state index contributed by atoms with van der Waals surface area (Å²) >= 11 is 15.0. The molecule has 114 valence electrons. The highest BCUT2D eigenvalue weighted by Crippen LogP contribution is 2.21. The summed E-state index contributed by atoms with van der Waals surface area (Å²) in [6.45, 7) is -0.422. The van der Waals surface area contributed by atoms with Gasteiger partial charge in [0.1, 0.15) is 0 Å². The Bertz CT molecular complexity index is 722. The summed E-state index contributed by atoms with van der Waals surface area (Å²) in [6, 6.07) is 11.5. The van der Waals surface area contributed by atoms with E-state index in [1.807, 2.05) is 6.07 Å². The molecule has 1 N–H and O–H groups in total. The zero-order valence-corrected chi connectivity index (χ0v) is 14.2. The van der Waals surface area contributed by atoms with Crippen molar-refractivity contribution >= 4 is 56.7 Å². The van der Waals surface area contributed by atoms with Crippen LogP contribution in [0, 0.1) is 0 Å². The normalized spacial score (nSPS) is 10.1. The topological polar surface area (TPSA) is 55.4 Å². The van der Waals surface area contributed by atoms with Crippen LogP contribution in [0.25, 0.3) is 0 Å². The quantitative estimate of drug-likeness (QED) is 0.763. The van der Waals surface area contributed by atoms with E-state index in [0.717, 1.165) is 4.47 Å². The van der Waals surface area contributed by atoms with Gasteiger partial charge in [-0.1, -0.05) is 45.2 Å². The molecule has 22 heavy (non-hydrogen) atoms. The van der Waals surface area contributed by atoms with E-state index in [4.69, 9.17) is 27.9 Å². The number of anilines is 1. The minimum atomic E-state index is -0.711. The van der Waals surface area contributed by atoms with Gasteiger partial charge in [-0.05, 0) is 36.4 Å². The number of ether oxygens (including phenoxy) is 1. The number of hydrogen-bond acceptors (Lipinski definition) is 3. The van der Waals surface area contributed by atoms with Crippen molar-refractivity contribution in [2.45, 2.75) is 0 Å². The SMILES string of the molecule is O=C(COC(=O)c1cc(Cl)ccc1Cl)Nc1cccc(Br)c1. The molecular formula is C15H10BrCl2NO3. The number of hydrogen-bond donors (Lipinski definition) is 1. The molecule has 0 bridgehead atoms. The molecule has 2 aromatic carbocycles. The minimum Gasteiger partial charge on any atom is -0.452 e. The second kappa shape index (κ2) is 7.63. The first-order valence-corrected chi connectivity index (χ1v) is 7.68. The summed E-state index contributed by atoms with van der Waals surface area (Å²) < 4.78 is 5.75. The molecule has 0 aliphatic rings. The standard InChI is InChI=1S/C15H10BrCl2NO3/c16-9-2-1-3-11(6-9)19-14(20)8-22-15(21)12-7-10(17)4-5-13(12)18/h1-7H,8H2,(H,19,20). The molecule has 0 fully saturated rings. The fraction of sp³-hybridized carbons (Fsp3) is 0.0667. The first-order valence-electron chi connectivity index (χ1n) is 6.13. The molecule has 0 saturated heterocycles. The Kier molecular flexibility index (Phi) is 5.83. The predicted molar refractivity (Wildman–Crippen MR) is 89.5 cm³/mol. The highest BCUT2D eigenvalue weighted by atomic mass is 79.9. The highest BCUT2D eigenvalue weighted by Gasteiger charge is 2.14. The molecule has 0 heterocycles. The van der Waals surface area contributed by atoms with Crippen molar-refractivity contribution in [3.8, 4) is 0 Å². The number of amides is 1. The van der Waals surface area contributed by atoms with Crippen LogP contribution in [0.15, 0.2) is 46.9 Å². The average Bonchev–Trinajstić information content (AvgIpc) is 2.47. The van der Waals surface area contributed by atoms with Gasteiger partial charge in [-0.3, -0.25) is 4.79 Å². The molecule has 7 heteroatoms. The van der Waals surface area contributed by atoms with Crippen molar-refractivity contribution in [3.05, 3.63) is 62.5 Å². The van der Waals surface area contributed by atoms with Crippen LogP contribution >= 0.6 is 39.1 Å². The molecule has 2 rings (SSSR count). The van der Waals surface area contributed by atoms with E-state index in [1.165, 1.54) is 12.1 Å². The fourth-order valence-electron chi connectivity index (χ4n) is 1.63. The van der Waals surface area contributed by atoms with Gasteiger partial charge in [0.15, 0.2) is 6.61 Å². The summed E-state index contributed by atoms with van der Waals surface area (Å²) in [4.78, 5) is 23.6. The third-order valence-corrected chi connectivity index (χ3v) is 3.65. The van der Waals surface area contributed by atoms with E-state index in [-0.39, 0.29) is 10.6 Å². The van der Waals surface area contributed by atoms with Gasteiger partial charge in [-0.25, -0.2) is 4.79 Å². The van der Waals surface area contributed by atoms with Crippen molar-refractivity contribution in [3.63, 3.8) is 0 Å². The Hall–Kier alpha value is -1.56. The van der Waals surface area contributed by atoms with Crippen molar-refractivity contribution in [1.82, 2.24) is 0 Å². The van der Waals surface area contributed by atoms with Gasteiger partial charge in [0.25, 0.3) is 5.91 Å².